The fourth-order valence-corrected chi connectivity index (χ4v) is 4.62. The van der Waals surface area contributed by atoms with E-state index in [4.69, 9.17) is 9.16 Å². The second-order valence-corrected chi connectivity index (χ2v) is 15.8. The van der Waals surface area contributed by atoms with Crippen molar-refractivity contribution in [2.24, 2.45) is 5.92 Å². The van der Waals surface area contributed by atoms with Crippen molar-refractivity contribution >= 4 is 14.4 Å². The number of carbonyl (C=O) groups is 1. The Morgan fingerprint density at radius 3 is 2.22 bits per heavy atom. The maximum atomic E-state index is 13.0. The molecule has 1 heterocycles. The van der Waals surface area contributed by atoms with Crippen LogP contribution in [0.4, 0.5) is 4.79 Å². The molecule has 27 heavy (non-hydrogen) atoms. The molecule has 1 rings (SSSR count). The molecule has 0 aliphatic carbocycles. The minimum atomic E-state index is -1.91. The van der Waals surface area contributed by atoms with E-state index < -0.39 is 13.9 Å². The van der Waals surface area contributed by atoms with Gasteiger partial charge in [-0.3, -0.25) is 4.90 Å². The van der Waals surface area contributed by atoms with E-state index in [-0.39, 0.29) is 22.8 Å². The first-order valence-electron chi connectivity index (χ1n) is 10.3. The predicted molar refractivity (Wildman–Crippen MR) is 117 cm³/mol. The molecular formula is C22H43NO3Si. The number of hydrogen-bond acceptors (Lipinski definition) is 3. The lowest BCUT2D eigenvalue weighted by Crippen LogP contribution is -2.48. The zero-order chi connectivity index (χ0) is 21.3. The first kappa shape index (κ1) is 24.2. The zero-order valence-corrected chi connectivity index (χ0v) is 20.4. The number of carbonyl (C=O) groups excluding carboxylic acids is 1. The average molecular weight is 398 g/mol. The quantitative estimate of drug-likeness (QED) is 0.385. The molecule has 0 spiro atoms. The third kappa shape index (κ3) is 6.35. The fraction of sp³-hybridized carbons (Fsp3) is 0.864. The molecule has 0 aromatic heterocycles. The van der Waals surface area contributed by atoms with Crippen molar-refractivity contribution in [2.45, 2.75) is 110 Å². The maximum absolute atomic E-state index is 13.0. The van der Waals surface area contributed by atoms with Crippen LogP contribution in [0.2, 0.25) is 18.1 Å². The van der Waals surface area contributed by atoms with E-state index in [0.29, 0.717) is 12.5 Å². The highest BCUT2D eigenvalue weighted by Gasteiger charge is 2.50. The lowest BCUT2D eigenvalue weighted by Gasteiger charge is -2.38. The van der Waals surface area contributed by atoms with E-state index in [2.05, 4.69) is 54.3 Å². The lowest BCUT2D eigenvalue weighted by atomic mass is 9.87. The molecule has 1 amide bonds. The molecule has 0 bridgehead atoms. The average Bonchev–Trinajstić information content (AvgIpc) is 2.81. The van der Waals surface area contributed by atoms with Crippen LogP contribution in [-0.4, -0.2) is 43.1 Å². The summed E-state index contributed by atoms with van der Waals surface area (Å²) in [6, 6.07) is 0. The molecule has 4 nitrogen and oxygen atoms in total. The van der Waals surface area contributed by atoms with Crippen molar-refractivity contribution < 1.29 is 14.0 Å². The minimum absolute atomic E-state index is 0.0311. The summed E-state index contributed by atoms with van der Waals surface area (Å²) in [5.74, 6) is 0.572. The van der Waals surface area contributed by atoms with Gasteiger partial charge in [-0.05, 0) is 57.7 Å². The van der Waals surface area contributed by atoms with E-state index in [0.717, 1.165) is 19.3 Å². The van der Waals surface area contributed by atoms with Gasteiger partial charge < -0.3 is 9.16 Å². The van der Waals surface area contributed by atoms with Crippen LogP contribution >= 0.6 is 0 Å². The largest absolute Gasteiger partial charge is 0.444 e. The van der Waals surface area contributed by atoms with E-state index in [1.807, 2.05) is 31.7 Å². The van der Waals surface area contributed by atoms with Crippen LogP contribution in [0.25, 0.3) is 0 Å². The summed E-state index contributed by atoms with van der Waals surface area (Å²) >= 11 is 0. The summed E-state index contributed by atoms with van der Waals surface area (Å²) in [6.07, 6.45) is 4.46. The summed E-state index contributed by atoms with van der Waals surface area (Å²) in [5, 5.41) is 0.140. The Hall–Kier alpha value is -0.813. The number of likely N-dealkylation sites (tertiary alicyclic amines) is 1. The first-order chi connectivity index (χ1) is 12.0. The standard InChI is InChI=1S/C22H43NO3Si/c1-12-22(14-13-17(2)3)15-18(26-27(10,11)21(7,8)9)16-23(22)19(24)25-20(4,5)6/h12,17-18H,1,13-16H2,2-11H3/t18-,22+/m1/s1. The molecule has 0 aromatic carbocycles. The van der Waals surface area contributed by atoms with E-state index >= 15 is 0 Å². The Balaban J connectivity index is 3.12. The van der Waals surface area contributed by atoms with Crippen LogP contribution in [0.3, 0.4) is 0 Å². The fourth-order valence-electron chi connectivity index (χ4n) is 3.27. The summed E-state index contributed by atoms with van der Waals surface area (Å²) in [6.45, 7) is 26.1. The Kier molecular flexibility index (Phi) is 7.43. The van der Waals surface area contributed by atoms with Crippen molar-refractivity contribution in [3.8, 4) is 0 Å². The van der Waals surface area contributed by atoms with Gasteiger partial charge in [0.25, 0.3) is 0 Å². The summed E-state index contributed by atoms with van der Waals surface area (Å²) < 4.78 is 12.4. The molecule has 1 saturated heterocycles. The van der Waals surface area contributed by atoms with Crippen LogP contribution in [0.15, 0.2) is 12.7 Å². The molecule has 158 valence electrons. The van der Waals surface area contributed by atoms with E-state index in [1.165, 1.54) is 0 Å². The van der Waals surface area contributed by atoms with Gasteiger partial charge in [0, 0.05) is 13.0 Å². The highest BCUT2D eigenvalue weighted by Crippen LogP contribution is 2.43. The van der Waals surface area contributed by atoms with Crippen LogP contribution in [-0.2, 0) is 9.16 Å². The van der Waals surface area contributed by atoms with Gasteiger partial charge in [0.2, 0.25) is 0 Å². The van der Waals surface area contributed by atoms with Crippen molar-refractivity contribution in [3.05, 3.63) is 12.7 Å². The molecule has 1 fully saturated rings. The topological polar surface area (TPSA) is 38.8 Å². The van der Waals surface area contributed by atoms with Gasteiger partial charge in [0.1, 0.15) is 5.60 Å². The first-order valence-corrected chi connectivity index (χ1v) is 13.3. The molecule has 0 aromatic rings. The predicted octanol–water partition coefficient (Wildman–Crippen LogP) is 6.38. The third-order valence-corrected chi connectivity index (χ3v) is 10.5. The molecule has 2 atom stereocenters. The normalized spacial score (nSPS) is 24.4. The Labute approximate surface area is 168 Å². The lowest BCUT2D eigenvalue weighted by molar-refractivity contribution is 0.0121. The van der Waals surface area contributed by atoms with Gasteiger partial charge >= 0.3 is 6.09 Å². The highest BCUT2D eigenvalue weighted by atomic mass is 28.4. The van der Waals surface area contributed by atoms with Gasteiger partial charge in [-0.2, -0.15) is 0 Å². The smallest absolute Gasteiger partial charge is 0.411 e. The second-order valence-electron chi connectivity index (χ2n) is 11.0. The van der Waals surface area contributed by atoms with Crippen LogP contribution in [0.5, 0.6) is 0 Å². The molecular weight excluding hydrogens is 354 g/mol. The van der Waals surface area contributed by atoms with Crippen molar-refractivity contribution in [1.29, 1.82) is 0 Å². The second kappa shape index (κ2) is 8.28. The summed E-state index contributed by atoms with van der Waals surface area (Å²) in [4.78, 5) is 14.9. The molecule has 0 radical (unpaired) electrons. The molecule has 1 aliphatic heterocycles. The Morgan fingerprint density at radius 1 is 1.26 bits per heavy atom. The summed E-state index contributed by atoms with van der Waals surface area (Å²) in [7, 11) is -1.91. The maximum Gasteiger partial charge on any atom is 0.411 e. The van der Waals surface area contributed by atoms with Gasteiger partial charge in [0.15, 0.2) is 8.32 Å². The number of hydrogen-bond donors (Lipinski definition) is 0. The van der Waals surface area contributed by atoms with Gasteiger partial charge in [-0.25, -0.2) is 4.79 Å². The SMILES string of the molecule is C=C[C@]1(CCC(C)C)C[C@@H](O[Si](C)(C)C(C)(C)C)CN1C(=O)OC(C)(C)C. The molecule has 0 saturated carbocycles. The number of nitrogens with zero attached hydrogens (tertiary/aromatic N) is 1. The Bertz CT molecular complexity index is 531. The molecule has 0 unspecified atom stereocenters. The number of amides is 1. The molecule has 0 N–H and O–H groups in total. The van der Waals surface area contributed by atoms with Crippen LogP contribution < -0.4 is 0 Å². The zero-order valence-electron chi connectivity index (χ0n) is 19.4. The Morgan fingerprint density at radius 2 is 1.81 bits per heavy atom. The molecule has 1 aliphatic rings. The van der Waals surface area contributed by atoms with Gasteiger partial charge in [-0.1, -0.05) is 40.7 Å². The molecule has 5 heteroatoms. The third-order valence-electron chi connectivity index (χ3n) is 5.92. The highest BCUT2D eigenvalue weighted by molar-refractivity contribution is 6.74. The van der Waals surface area contributed by atoms with Crippen LogP contribution in [0, 0.1) is 5.92 Å². The van der Waals surface area contributed by atoms with Crippen molar-refractivity contribution in [1.82, 2.24) is 4.90 Å². The van der Waals surface area contributed by atoms with E-state index in [1.54, 1.807) is 0 Å². The number of rotatable bonds is 6. The number of ether oxygens (including phenoxy) is 1. The van der Waals surface area contributed by atoms with Crippen molar-refractivity contribution in [3.63, 3.8) is 0 Å². The van der Waals surface area contributed by atoms with Crippen LogP contribution in [0.1, 0.15) is 74.7 Å². The van der Waals surface area contributed by atoms with Gasteiger partial charge in [-0.15, -0.1) is 6.58 Å². The monoisotopic (exact) mass is 397 g/mol. The minimum Gasteiger partial charge on any atom is -0.444 e. The van der Waals surface area contributed by atoms with Gasteiger partial charge in [0.05, 0.1) is 11.6 Å². The van der Waals surface area contributed by atoms with Crippen molar-refractivity contribution in [2.75, 3.05) is 6.54 Å². The summed E-state index contributed by atoms with van der Waals surface area (Å²) in [5.41, 5.74) is -0.903. The van der Waals surface area contributed by atoms with E-state index in [9.17, 15) is 4.79 Å².